The summed E-state index contributed by atoms with van der Waals surface area (Å²) in [7, 11) is 5.75. The number of nitrogens with zero attached hydrogens (tertiary/aromatic N) is 2. The van der Waals surface area contributed by atoms with Gasteiger partial charge in [0.25, 0.3) is 0 Å². The quantitative estimate of drug-likeness (QED) is 0.246. The van der Waals surface area contributed by atoms with E-state index >= 15 is 0 Å². The minimum Gasteiger partial charge on any atom is -0.494 e. The van der Waals surface area contributed by atoms with Crippen LogP contribution in [0, 0.1) is 31.4 Å². The van der Waals surface area contributed by atoms with Crippen molar-refractivity contribution in [2.45, 2.75) is 95.9 Å². The summed E-state index contributed by atoms with van der Waals surface area (Å²) in [4.78, 5) is 22.6. The molecule has 0 spiro atoms. The van der Waals surface area contributed by atoms with Crippen LogP contribution in [0.15, 0.2) is 60.3 Å². The van der Waals surface area contributed by atoms with Gasteiger partial charge in [-0.25, -0.2) is 8.78 Å². The average Bonchev–Trinajstić information content (AvgIpc) is 3.09. The Labute approximate surface area is 299 Å². The molecule has 0 fully saturated rings. The smallest absolute Gasteiger partial charge is 0.129 e. The average molecular weight is 691 g/mol. The number of anilines is 1. The molecule has 0 aliphatic heterocycles. The van der Waals surface area contributed by atoms with Crippen LogP contribution in [0.3, 0.4) is 0 Å². The van der Waals surface area contributed by atoms with Gasteiger partial charge in [-0.2, -0.15) is 0 Å². The summed E-state index contributed by atoms with van der Waals surface area (Å²) in [6.07, 6.45) is 6.32. The van der Waals surface area contributed by atoms with Crippen LogP contribution in [-0.4, -0.2) is 53.0 Å². The maximum atomic E-state index is 12.3. The van der Waals surface area contributed by atoms with Crippen molar-refractivity contribution in [1.82, 2.24) is 4.98 Å². The molecule has 0 atom stereocenters. The lowest BCUT2D eigenvalue weighted by Gasteiger charge is -2.13. The van der Waals surface area contributed by atoms with Gasteiger partial charge in [-0.15, -0.1) is 0 Å². The second-order valence-corrected chi connectivity index (χ2v) is 10.9. The fourth-order valence-corrected chi connectivity index (χ4v) is 3.02. The molecule has 2 aromatic carbocycles. The molecule has 0 aliphatic rings. The number of aromatic nitrogens is 1. The number of aryl methyl sites for hydroxylation is 1. The molecular weight excluding hydrogens is 622 g/mol. The lowest BCUT2D eigenvalue weighted by atomic mass is 10.0. The zero-order chi connectivity index (χ0) is 39.4. The number of rotatable bonds is 7. The van der Waals surface area contributed by atoms with Crippen molar-refractivity contribution < 1.29 is 27.8 Å². The monoisotopic (exact) mass is 691 g/mol. The molecule has 0 radical (unpaired) electrons. The van der Waals surface area contributed by atoms with Gasteiger partial charge in [-0.3, -0.25) is 4.98 Å². The van der Waals surface area contributed by atoms with Crippen molar-refractivity contribution in [2.24, 2.45) is 5.92 Å². The summed E-state index contributed by atoms with van der Waals surface area (Å²) < 4.78 is 34.7. The van der Waals surface area contributed by atoms with E-state index in [9.17, 15) is 8.78 Å². The van der Waals surface area contributed by atoms with Crippen LogP contribution in [0.5, 0.6) is 5.75 Å². The number of halogens is 2. The normalized spacial score (nSPS) is 9.14. The SMILES string of the molecule is C=O.C=O.CC.CC(C)C.CCC.CCOC.CCOc1ccc(C/C(C)=C/c2cc(N(C)C)cnc2C)cc1.Cc1c(F)cccc1F. The summed E-state index contributed by atoms with van der Waals surface area (Å²) in [5.41, 5.74) is 6.04. The number of ether oxygens (including phenoxy) is 2. The molecule has 0 saturated heterocycles. The first-order valence-electron chi connectivity index (χ1n) is 16.8. The Morgan fingerprint density at radius 3 is 1.65 bits per heavy atom. The molecular formula is C41H68F2N2O4. The maximum absolute atomic E-state index is 12.3. The third-order valence-corrected chi connectivity index (χ3v) is 5.24. The number of methoxy groups -OCH3 is 1. The molecule has 1 aromatic heterocycles. The number of benzene rings is 2. The summed E-state index contributed by atoms with van der Waals surface area (Å²) in [6.45, 7) is 29.9. The lowest BCUT2D eigenvalue weighted by molar-refractivity contribution is -0.0987. The van der Waals surface area contributed by atoms with Gasteiger partial charge in [0.15, 0.2) is 0 Å². The predicted molar refractivity (Wildman–Crippen MR) is 209 cm³/mol. The van der Waals surface area contributed by atoms with Gasteiger partial charge in [-0.05, 0) is 88.4 Å². The first kappa shape index (κ1) is 54.5. The van der Waals surface area contributed by atoms with E-state index in [2.05, 4.69) is 87.4 Å². The van der Waals surface area contributed by atoms with Crippen LogP contribution >= 0.6 is 0 Å². The molecule has 0 aliphatic carbocycles. The largest absolute Gasteiger partial charge is 0.494 e. The molecule has 3 aromatic rings. The molecule has 0 unspecified atom stereocenters. The highest BCUT2D eigenvalue weighted by molar-refractivity contribution is 5.61. The molecule has 6 nitrogen and oxygen atoms in total. The molecule has 0 N–H and O–H groups in total. The zero-order valence-corrected chi connectivity index (χ0v) is 33.4. The van der Waals surface area contributed by atoms with E-state index in [4.69, 9.17) is 14.3 Å². The first-order chi connectivity index (χ1) is 23.3. The highest BCUT2D eigenvalue weighted by Crippen LogP contribution is 2.20. The van der Waals surface area contributed by atoms with E-state index in [1.165, 1.54) is 48.2 Å². The number of carbonyl (C=O) groups is 2. The molecule has 0 amide bonds. The fraction of sp³-hybridized carbons (Fsp3) is 0.488. The summed E-state index contributed by atoms with van der Waals surface area (Å²) >= 11 is 0. The van der Waals surface area contributed by atoms with Crippen LogP contribution in [0.2, 0.25) is 0 Å². The highest BCUT2D eigenvalue weighted by atomic mass is 19.1. The summed E-state index contributed by atoms with van der Waals surface area (Å²) in [6, 6.07) is 14.3. The number of hydrogen-bond donors (Lipinski definition) is 0. The Balaban J connectivity index is -0.000000204. The summed E-state index contributed by atoms with van der Waals surface area (Å²) in [5.74, 6) is 0.779. The third kappa shape index (κ3) is 32.4. The Bertz CT molecular complexity index is 1160. The maximum Gasteiger partial charge on any atom is 0.129 e. The van der Waals surface area contributed by atoms with Gasteiger partial charge in [0.05, 0.1) is 18.5 Å². The Kier molecular flexibility index (Phi) is 42.9. The van der Waals surface area contributed by atoms with Crippen LogP contribution in [0.4, 0.5) is 14.5 Å². The van der Waals surface area contributed by atoms with Crippen molar-refractivity contribution in [2.75, 3.05) is 39.3 Å². The topological polar surface area (TPSA) is 68.7 Å². The number of pyridine rings is 1. The van der Waals surface area contributed by atoms with E-state index in [0.29, 0.717) is 6.61 Å². The first-order valence-corrected chi connectivity index (χ1v) is 16.8. The van der Waals surface area contributed by atoms with Crippen molar-refractivity contribution in [3.63, 3.8) is 0 Å². The second kappa shape index (κ2) is 38.5. The summed E-state index contributed by atoms with van der Waals surface area (Å²) in [5, 5.41) is 0. The van der Waals surface area contributed by atoms with Gasteiger partial charge in [0.1, 0.15) is 31.0 Å². The van der Waals surface area contributed by atoms with Crippen LogP contribution < -0.4 is 9.64 Å². The van der Waals surface area contributed by atoms with Crippen molar-refractivity contribution in [3.05, 3.63) is 94.3 Å². The van der Waals surface area contributed by atoms with E-state index in [-0.39, 0.29) is 5.56 Å². The van der Waals surface area contributed by atoms with E-state index in [1.807, 2.05) is 73.7 Å². The highest BCUT2D eigenvalue weighted by Gasteiger charge is 2.03. The molecule has 3 rings (SSSR count). The fourth-order valence-electron chi connectivity index (χ4n) is 3.02. The number of hydrogen-bond acceptors (Lipinski definition) is 6. The Morgan fingerprint density at radius 2 is 1.31 bits per heavy atom. The number of allylic oxidation sites excluding steroid dienone is 1. The van der Waals surface area contributed by atoms with E-state index in [0.717, 1.165) is 36.1 Å². The molecule has 280 valence electrons. The van der Waals surface area contributed by atoms with E-state index in [1.54, 1.807) is 7.11 Å². The predicted octanol–water partition coefficient (Wildman–Crippen LogP) is 11.2. The Morgan fingerprint density at radius 1 is 0.878 bits per heavy atom. The van der Waals surface area contributed by atoms with Gasteiger partial charge in [0.2, 0.25) is 0 Å². The Hall–Kier alpha value is -3.91. The van der Waals surface area contributed by atoms with Crippen LogP contribution in [-0.2, 0) is 20.7 Å². The molecule has 0 bridgehead atoms. The molecule has 8 heteroatoms. The zero-order valence-electron chi connectivity index (χ0n) is 33.4. The van der Waals surface area contributed by atoms with Crippen molar-refractivity contribution in [1.29, 1.82) is 0 Å². The second-order valence-electron chi connectivity index (χ2n) is 10.9. The van der Waals surface area contributed by atoms with Gasteiger partial charge in [0, 0.05) is 39.1 Å². The molecule has 1 heterocycles. The number of carbonyl (C=O) groups excluding carboxylic acids is 2. The molecule has 49 heavy (non-hydrogen) atoms. The lowest BCUT2D eigenvalue weighted by Crippen LogP contribution is -2.09. The third-order valence-electron chi connectivity index (χ3n) is 5.24. The van der Waals surface area contributed by atoms with Crippen molar-refractivity contribution in [3.8, 4) is 5.75 Å². The van der Waals surface area contributed by atoms with Crippen LogP contribution in [0.1, 0.15) is 98.0 Å². The van der Waals surface area contributed by atoms with Crippen molar-refractivity contribution >= 4 is 25.3 Å². The minimum atomic E-state index is -0.491. The van der Waals surface area contributed by atoms with Gasteiger partial charge >= 0.3 is 0 Å². The molecule has 0 saturated carbocycles. The van der Waals surface area contributed by atoms with Crippen LogP contribution in [0.25, 0.3) is 6.08 Å². The van der Waals surface area contributed by atoms with Gasteiger partial charge in [-0.1, -0.05) is 84.7 Å². The van der Waals surface area contributed by atoms with E-state index < -0.39 is 11.6 Å². The van der Waals surface area contributed by atoms with Gasteiger partial charge < -0.3 is 24.0 Å². The minimum absolute atomic E-state index is 0.0810. The standard InChI is InChI=1S/C20H26N2O.C7H6F2.C4H10.C3H8O.C3H8.C2H6.2CH2O/c1-6-23-20-9-7-17(8-10-20)11-15(2)12-18-13-19(22(4)5)14-21-16(18)3;1-5-6(8)3-2-4-7(5)9;1-4(2)3;1-3-4-2;1-3-2;3*1-2/h7-10,12-14H,6,11H2,1-5H3;2-4H,1H3;4H,1-3H3;3H2,1-2H3;3H2,1-2H3;1-2H3;2*1H2/b15-12+;;;;;;;.